The standard InChI is InChI=1S/C6H6O.C5H9BrO2/c7-6-4-2-1-3-5-6;1-3-8-5(7)4(2)6/h1-5,7H;4H,3H2,1-2H3. The molecule has 0 saturated carbocycles. The van der Waals surface area contributed by atoms with E-state index in [-0.39, 0.29) is 10.8 Å². The van der Waals surface area contributed by atoms with Gasteiger partial charge in [-0.2, -0.15) is 0 Å². The number of phenols is 1. The van der Waals surface area contributed by atoms with E-state index in [0.717, 1.165) is 0 Å². The molecule has 0 aliphatic carbocycles. The number of aromatic hydroxyl groups is 1. The number of esters is 1. The van der Waals surface area contributed by atoms with Crippen LogP contribution < -0.4 is 0 Å². The van der Waals surface area contributed by atoms with E-state index in [4.69, 9.17) is 5.11 Å². The molecule has 0 aliphatic rings. The lowest BCUT2D eigenvalue weighted by atomic mass is 10.3. The molecule has 1 aromatic rings. The number of carbonyl (C=O) groups excluding carboxylic acids is 1. The first-order valence-electron chi connectivity index (χ1n) is 4.62. The number of ether oxygens (including phenoxy) is 1. The third-order valence-corrected chi connectivity index (χ3v) is 1.74. The van der Waals surface area contributed by atoms with Gasteiger partial charge in [0.05, 0.1) is 6.61 Å². The molecule has 0 spiro atoms. The van der Waals surface area contributed by atoms with Crippen LogP contribution in [-0.4, -0.2) is 22.5 Å². The summed E-state index contributed by atoms with van der Waals surface area (Å²) < 4.78 is 4.62. The maximum atomic E-state index is 10.5. The van der Waals surface area contributed by atoms with Crippen LogP contribution in [0.3, 0.4) is 0 Å². The molecule has 0 aromatic heterocycles. The Kier molecular flexibility index (Phi) is 7.72. The van der Waals surface area contributed by atoms with Crippen LogP contribution in [-0.2, 0) is 9.53 Å². The fourth-order valence-corrected chi connectivity index (χ4v) is 0.817. The molecule has 0 amide bonds. The molecule has 3 nitrogen and oxygen atoms in total. The van der Waals surface area contributed by atoms with E-state index in [2.05, 4.69) is 20.7 Å². The van der Waals surface area contributed by atoms with E-state index in [1.165, 1.54) is 0 Å². The Hall–Kier alpha value is -1.03. The van der Waals surface area contributed by atoms with Crippen molar-refractivity contribution < 1.29 is 14.6 Å². The molecular formula is C11H15BrO3. The Morgan fingerprint density at radius 2 is 2.00 bits per heavy atom. The number of carbonyl (C=O) groups is 1. The molecule has 0 heterocycles. The molecular weight excluding hydrogens is 260 g/mol. The maximum Gasteiger partial charge on any atom is 0.319 e. The molecule has 15 heavy (non-hydrogen) atoms. The molecule has 1 atom stereocenters. The SMILES string of the molecule is CCOC(=O)C(C)Br.Oc1ccccc1. The molecule has 1 N–H and O–H groups in total. The van der Waals surface area contributed by atoms with E-state index in [1.807, 2.05) is 6.07 Å². The predicted octanol–water partition coefficient (Wildman–Crippen LogP) is 2.73. The minimum Gasteiger partial charge on any atom is -0.508 e. The van der Waals surface area contributed by atoms with Gasteiger partial charge in [-0.1, -0.05) is 34.1 Å². The van der Waals surface area contributed by atoms with Gasteiger partial charge in [-0.3, -0.25) is 4.79 Å². The number of phenolic OH excluding ortho intramolecular Hbond substituents is 1. The average Bonchev–Trinajstić information content (AvgIpc) is 2.20. The Bertz CT molecular complexity index is 272. The third kappa shape index (κ3) is 8.00. The average molecular weight is 275 g/mol. The molecule has 0 saturated heterocycles. The number of para-hydroxylation sites is 1. The summed E-state index contributed by atoms with van der Waals surface area (Å²) in [6.45, 7) is 3.97. The van der Waals surface area contributed by atoms with E-state index in [0.29, 0.717) is 12.4 Å². The van der Waals surface area contributed by atoms with Gasteiger partial charge in [0.2, 0.25) is 0 Å². The number of halogens is 1. The number of hydrogen-bond donors (Lipinski definition) is 1. The second-order valence-electron chi connectivity index (χ2n) is 2.70. The minimum absolute atomic E-state index is 0.178. The summed E-state index contributed by atoms with van der Waals surface area (Å²) in [5, 5.41) is 8.63. The summed E-state index contributed by atoms with van der Waals surface area (Å²) in [5.74, 6) is 0.120. The van der Waals surface area contributed by atoms with Gasteiger partial charge in [0.1, 0.15) is 10.6 Å². The van der Waals surface area contributed by atoms with Crippen LogP contribution in [0.25, 0.3) is 0 Å². The monoisotopic (exact) mass is 274 g/mol. The van der Waals surface area contributed by atoms with Gasteiger partial charge in [0.15, 0.2) is 0 Å². The molecule has 1 aromatic carbocycles. The summed E-state index contributed by atoms with van der Waals surface area (Å²) in [4.78, 5) is 10.3. The van der Waals surface area contributed by atoms with E-state index in [9.17, 15) is 4.79 Å². The Labute approximate surface area is 98.2 Å². The zero-order chi connectivity index (χ0) is 11.7. The van der Waals surface area contributed by atoms with Crippen molar-refractivity contribution in [3.63, 3.8) is 0 Å². The van der Waals surface area contributed by atoms with E-state index in [1.54, 1.807) is 38.1 Å². The van der Waals surface area contributed by atoms with Crippen molar-refractivity contribution in [2.45, 2.75) is 18.7 Å². The van der Waals surface area contributed by atoms with Gasteiger partial charge < -0.3 is 9.84 Å². The normalized spacial score (nSPS) is 10.9. The lowest BCUT2D eigenvalue weighted by molar-refractivity contribution is -0.141. The van der Waals surface area contributed by atoms with Gasteiger partial charge in [-0.05, 0) is 26.0 Å². The van der Waals surface area contributed by atoms with Gasteiger partial charge in [0.25, 0.3) is 0 Å². The van der Waals surface area contributed by atoms with Crippen LogP contribution in [0.1, 0.15) is 13.8 Å². The highest BCUT2D eigenvalue weighted by atomic mass is 79.9. The number of alkyl halides is 1. The highest BCUT2D eigenvalue weighted by Gasteiger charge is 2.07. The number of rotatable bonds is 2. The molecule has 0 radical (unpaired) electrons. The molecule has 0 bridgehead atoms. The summed E-state index contributed by atoms with van der Waals surface area (Å²) in [6, 6.07) is 8.71. The van der Waals surface area contributed by atoms with Crippen molar-refractivity contribution in [3.05, 3.63) is 30.3 Å². The molecule has 1 rings (SSSR count). The molecule has 84 valence electrons. The summed E-state index contributed by atoms with van der Waals surface area (Å²) in [5.41, 5.74) is 0. The fourth-order valence-electron chi connectivity index (χ4n) is 0.685. The largest absolute Gasteiger partial charge is 0.508 e. The van der Waals surface area contributed by atoms with Crippen LogP contribution in [0.4, 0.5) is 0 Å². The fraction of sp³-hybridized carbons (Fsp3) is 0.364. The molecule has 0 fully saturated rings. The topological polar surface area (TPSA) is 46.5 Å². The first kappa shape index (κ1) is 14.0. The summed E-state index contributed by atoms with van der Waals surface area (Å²) in [6.07, 6.45) is 0. The van der Waals surface area contributed by atoms with Crippen LogP contribution in [0.2, 0.25) is 0 Å². The zero-order valence-corrected chi connectivity index (χ0v) is 10.4. The first-order valence-corrected chi connectivity index (χ1v) is 5.54. The Morgan fingerprint density at radius 3 is 2.20 bits per heavy atom. The quantitative estimate of drug-likeness (QED) is 0.666. The third-order valence-electron chi connectivity index (χ3n) is 1.37. The van der Waals surface area contributed by atoms with Gasteiger partial charge in [-0.25, -0.2) is 0 Å². The van der Waals surface area contributed by atoms with Crippen LogP contribution in [0, 0.1) is 0 Å². The Balaban J connectivity index is 0.000000262. The summed E-state index contributed by atoms with van der Waals surface area (Å²) >= 11 is 3.07. The maximum absolute atomic E-state index is 10.5. The molecule has 1 unspecified atom stereocenters. The predicted molar refractivity (Wildman–Crippen MR) is 63.1 cm³/mol. The van der Waals surface area contributed by atoms with Crippen LogP contribution >= 0.6 is 15.9 Å². The van der Waals surface area contributed by atoms with Gasteiger partial charge in [-0.15, -0.1) is 0 Å². The molecule has 0 aliphatic heterocycles. The van der Waals surface area contributed by atoms with Crippen molar-refractivity contribution in [2.75, 3.05) is 6.61 Å². The summed E-state index contributed by atoms with van der Waals surface area (Å²) in [7, 11) is 0. The highest BCUT2D eigenvalue weighted by Crippen LogP contribution is 2.02. The molecule has 4 heteroatoms. The zero-order valence-electron chi connectivity index (χ0n) is 8.81. The van der Waals surface area contributed by atoms with Crippen molar-refractivity contribution in [1.82, 2.24) is 0 Å². The second kappa shape index (κ2) is 8.29. The lowest BCUT2D eigenvalue weighted by Gasteiger charge is -2.00. The Morgan fingerprint density at radius 1 is 1.47 bits per heavy atom. The smallest absolute Gasteiger partial charge is 0.319 e. The van der Waals surface area contributed by atoms with Gasteiger partial charge in [0, 0.05) is 0 Å². The lowest BCUT2D eigenvalue weighted by Crippen LogP contribution is -2.13. The van der Waals surface area contributed by atoms with Crippen molar-refractivity contribution in [2.24, 2.45) is 0 Å². The van der Waals surface area contributed by atoms with Gasteiger partial charge >= 0.3 is 5.97 Å². The van der Waals surface area contributed by atoms with E-state index >= 15 is 0 Å². The van der Waals surface area contributed by atoms with E-state index < -0.39 is 0 Å². The van der Waals surface area contributed by atoms with Crippen molar-refractivity contribution in [3.8, 4) is 5.75 Å². The van der Waals surface area contributed by atoms with Crippen molar-refractivity contribution >= 4 is 21.9 Å². The number of benzene rings is 1. The first-order chi connectivity index (χ1) is 7.07. The van der Waals surface area contributed by atoms with Crippen molar-refractivity contribution in [1.29, 1.82) is 0 Å². The number of hydrogen-bond acceptors (Lipinski definition) is 3. The second-order valence-corrected chi connectivity index (χ2v) is 4.08. The highest BCUT2D eigenvalue weighted by molar-refractivity contribution is 9.10. The van der Waals surface area contributed by atoms with Crippen LogP contribution in [0.5, 0.6) is 5.75 Å². The minimum atomic E-state index is -0.201. The van der Waals surface area contributed by atoms with Crippen LogP contribution in [0.15, 0.2) is 30.3 Å².